The van der Waals surface area contributed by atoms with Crippen molar-refractivity contribution in [3.8, 4) is 28.1 Å². The van der Waals surface area contributed by atoms with Crippen molar-refractivity contribution in [1.82, 2.24) is 35.1 Å². The second-order valence-electron chi connectivity index (χ2n) is 19.1. The summed E-state index contributed by atoms with van der Waals surface area (Å²) in [6.45, 7) is 15.7. The van der Waals surface area contributed by atoms with Crippen LogP contribution in [0.5, 0.6) is 5.75 Å². The highest BCUT2D eigenvalue weighted by Crippen LogP contribution is 2.41. The van der Waals surface area contributed by atoms with Crippen LogP contribution in [0.2, 0.25) is 0 Å². The molecule has 3 aliphatic heterocycles. The number of rotatable bonds is 11. The Balaban J connectivity index is 1.30. The fourth-order valence-corrected chi connectivity index (χ4v) is 9.92. The Morgan fingerprint density at radius 3 is 2.61 bits per heavy atom. The highest BCUT2D eigenvalue weighted by Gasteiger charge is 2.40. The maximum atomic E-state index is 14.7. The van der Waals surface area contributed by atoms with Crippen molar-refractivity contribution in [3.63, 3.8) is 0 Å². The van der Waals surface area contributed by atoms with Gasteiger partial charge in [0, 0.05) is 74.9 Å². The van der Waals surface area contributed by atoms with Gasteiger partial charge in [-0.2, -0.15) is 0 Å². The molecule has 5 heterocycles. The monoisotopic (exact) mass is 903 g/mol. The lowest BCUT2D eigenvalue weighted by Gasteiger charge is -2.37. The van der Waals surface area contributed by atoms with Crippen molar-refractivity contribution in [3.05, 3.63) is 84.1 Å². The van der Waals surface area contributed by atoms with E-state index in [0.29, 0.717) is 62.9 Å². The summed E-state index contributed by atoms with van der Waals surface area (Å²) < 4.78 is 13.8. The Morgan fingerprint density at radius 2 is 1.88 bits per heavy atom. The summed E-state index contributed by atoms with van der Waals surface area (Å²) in [5, 5.41) is 16.6. The number of nitrogens with one attached hydrogen (secondary N) is 2. The van der Waals surface area contributed by atoms with Crippen LogP contribution in [0.1, 0.15) is 70.6 Å². The Kier molecular flexibility index (Phi) is 14.7. The van der Waals surface area contributed by atoms with E-state index in [9.17, 15) is 29.1 Å². The third-order valence-electron chi connectivity index (χ3n) is 13.2. The normalized spacial score (nSPS) is 20.5. The first-order valence-corrected chi connectivity index (χ1v) is 23.2. The number of aromatic nitrogens is 2. The molecule has 3 aliphatic rings. The molecule has 2 fully saturated rings. The molecule has 0 radical (unpaired) electrons. The van der Waals surface area contributed by atoms with Crippen molar-refractivity contribution in [2.24, 2.45) is 17.3 Å². The van der Waals surface area contributed by atoms with Gasteiger partial charge in [0.25, 0.3) is 5.91 Å². The van der Waals surface area contributed by atoms with Crippen LogP contribution in [-0.2, 0) is 59.3 Å². The van der Waals surface area contributed by atoms with E-state index in [1.807, 2.05) is 32.0 Å². The summed E-state index contributed by atoms with van der Waals surface area (Å²) in [4.78, 5) is 77.4. The fraction of sp³-hybridized carbons (Fsp3) is 0.490. The quantitative estimate of drug-likeness (QED) is 0.130. The minimum Gasteiger partial charge on any atom is -0.508 e. The molecule has 2 saturated heterocycles. The van der Waals surface area contributed by atoms with E-state index in [1.165, 1.54) is 16.0 Å². The number of carbonyl (C=O) groups excluding carboxylic acids is 5. The number of phenolic OH excluding ortho intramolecular Hbond substituents is 1. The van der Waals surface area contributed by atoms with Gasteiger partial charge in [0.05, 0.1) is 24.8 Å². The zero-order valence-corrected chi connectivity index (χ0v) is 39.4. The van der Waals surface area contributed by atoms with E-state index in [0.717, 1.165) is 39.0 Å². The number of pyridine rings is 1. The molecule has 0 saturated carbocycles. The molecule has 2 aromatic heterocycles. The number of cyclic esters (lactones) is 1. The van der Waals surface area contributed by atoms with Crippen molar-refractivity contribution >= 4 is 40.6 Å². The third kappa shape index (κ3) is 10.2. The number of benzene rings is 2. The molecule has 0 aliphatic carbocycles. The van der Waals surface area contributed by atoms with Gasteiger partial charge in [0.1, 0.15) is 29.5 Å². The number of esters is 1. The molecule has 4 aromatic rings. The van der Waals surface area contributed by atoms with E-state index in [-0.39, 0.29) is 49.6 Å². The van der Waals surface area contributed by atoms with Gasteiger partial charge in [-0.1, -0.05) is 64.6 Å². The van der Waals surface area contributed by atoms with Gasteiger partial charge >= 0.3 is 5.97 Å². The summed E-state index contributed by atoms with van der Waals surface area (Å²) >= 11 is 0. The average Bonchev–Trinajstić information content (AvgIpc) is 3.91. The topological polar surface area (TPSA) is 176 Å². The number of hydrogen-bond donors (Lipinski definition) is 3. The number of methoxy groups -OCH3 is 1. The minimum absolute atomic E-state index is 0.0211. The lowest BCUT2D eigenvalue weighted by molar-refractivity contribution is -0.155. The average molecular weight is 904 g/mol. The molecule has 0 unspecified atom stereocenters. The van der Waals surface area contributed by atoms with Gasteiger partial charge in [-0.25, -0.2) is 10.4 Å². The summed E-state index contributed by atoms with van der Waals surface area (Å²) in [7, 11) is 3.28. The van der Waals surface area contributed by atoms with Crippen LogP contribution in [0.25, 0.3) is 33.4 Å². The van der Waals surface area contributed by atoms with Crippen LogP contribution in [0.4, 0.5) is 0 Å². The lowest BCUT2D eigenvalue weighted by atomic mass is 9.84. The van der Waals surface area contributed by atoms with Crippen LogP contribution >= 0.6 is 0 Å². The van der Waals surface area contributed by atoms with Gasteiger partial charge < -0.3 is 34.3 Å². The minimum atomic E-state index is -1.17. The van der Waals surface area contributed by atoms with Crippen molar-refractivity contribution in [2.45, 2.75) is 97.8 Å². The molecule has 15 heteroatoms. The Morgan fingerprint density at radius 1 is 1.11 bits per heavy atom. The third-order valence-corrected chi connectivity index (χ3v) is 13.2. The lowest BCUT2D eigenvalue weighted by Crippen LogP contribution is -2.62. The highest BCUT2D eigenvalue weighted by atomic mass is 16.5. The molecule has 6 bridgehead atoms. The van der Waals surface area contributed by atoms with E-state index in [4.69, 9.17) is 14.5 Å². The number of aryl methyl sites for hydroxylation is 1. The van der Waals surface area contributed by atoms with Gasteiger partial charge in [-0.15, -0.1) is 0 Å². The Hall–Kier alpha value is -6.06. The predicted octanol–water partition coefficient (Wildman–Crippen LogP) is 5.45. The number of fused-ring (bicyclic) bond motifs is 6. The summed E-state index contributed by atoms with van der Waals surface area (Å²) in [6, 6.07) is 12.6. The molecule has 3 N–H and O–H groups in total. The van der Waals surface area contributed by atoms with Crippen LogP contribution in [-0.4, -0.2) is 124 Å². The zero-order valence-electron chi connectivity index (χ0n) is 39.4. The molecule has 0 spiro atoms. The number of ether oxygens (including phenoxy) is 2. The second kappa shape index (κ2) is 20.2. The molecule has 4 amide bonds. The Bertz CT molecular complexity index is 2500. The smallest absolute Gasteiger partial charge is 0.324 e. The van der Waals surface area contributed by atoms with Gasteiger partial charge in [0.15, 0.2) is 0 Å². The molecule has 7 rings (SSSR count). The van der Waals surface area contributed by atoms with Gasteiger partial charge in [-0.05, 0) is 91.5 Å². The summed E-state index contributed by atoms with van der Waals surface area (Å²) in [6.07, 6.45) is 5.66. The summed E-state index contributed by atoms with van der Waals surface area (Å²) in [5.74, 6) is -2.89. The Labute approximate surface area is 387 Å². The maximum Gasteiger partial charge on any atom is 0.324 e. The first-order valence-electron chi connectivity index (χ1n) is 23.2. The standard InChI is InChI=1S/C51H65N7O8/c1-9-43(60)56-20-17-34(29-56)48(62)55(7)44(31(3)4)47(61)53-42-24-32-22-35(25-37(59)23-32)36-26-39-40(27-51(5,6)30-66-50(64)41-16-13-19-58(54-41)49(42)63)45(57(10-2)46(39)52-28-36)38-15-12-11-14-33(38)18-21-65-8/h9,11-12,14-15,22-23,25-26,28,31,34,41-42,44,54,59H,1,10,13,16-21,24,27,29-30H2,2-8H3,(H,53,61)/t34-,41-,42+,44-/m0/s1. The fourth-order valence-electron chi connectivity index (χ4n) is 9.92. The number of carbonyl (C=O) groups is 5. The van der Waals surface area contributed by atoms with Crippen molar-refractivity contribution in [1.29, 1.82) is 0 Å². The van der Waals surface area contributed by atoms with E-state index in [2.05, 4.69) is 60.9 Å². The van der Waals surface area contributed by atoms with Gasteiger partial charge in [0.2, 0.25) is 17.7 Å². The molecule has 4 atom stereocenters. The van der Waals surface area contributed by atoms with Crippen LogP contribution in [0, 0.1) is 17.3 Å². The van der Waals surface area contributed by atoms with E-state index < -0.39 is 47.2 Å². The first-order chi connectivity index (χ1) is 31.5. The number of likely N-dealkylation sites (tertiary alicyclic amines) is 1. The van der Waals surface area contributed by atoms with Crippen LogP contribution in [0.15, 0.2) is 67.4 Å². The number of likely N-dealkylation sites (N-methyl/N-ethyl adjacent to an activating group) is 1. The van der Waals surface area contributed by atoms with Crippen LogP contribution in [0.3, 0.4) is 0 Å². The predicted molar refractivity (Wildman–Crippen MR) is 252 cm³/mol. The molecule has 66 heavy (non-hydrogen) atoms. The SMILES string of the molecule is C=CC(=O)N1CC[C@H](C(=O)N(C)[C@H](C(=O)N[C@@H]2Cc3cc(O)cc(c3)-c3cnc4c(c3)c(c(-c3ccccc3CCOC)n4CC)CC(C)(C)COC(=O)[C@@H]3CCCN(N3)C2=O)C(C)C)C1. The highest BCUT2D eigenvalue weighted by molar-refractivity contribution is 5.95. The number of amides is 4. The number of hydrogen-bond acceptors (Lipinski definition) is 10. The van der Waals surface area contributed by atoms with Crippen molar-refractivity contribution < 1.29 is 38.6 Å². The number of nitrogens with zero attached hydrogens (tertiary/aromatic N) is 5. The van der Waals surface area contributed by atoms with E-state index in [1.54, 1.807) is 37.4 Å². The molecular weight excluding hydrogens is 839 g/mol. The largest absolute Gasteiger partial charge is 0.508 e. The zero-order chi connectivity index (χ0) is 47.4. The molecular formula is C51H65N7O8. The number of hydrazine groups is 1. The first kappa shape index (κ1) is 47.9. The second-order valence-corrected chi connectivity index (χ2v) is 19.1. The van der Waals surface area contributed by atoms with Crippen LogP contribution < -0.4 is 10.7 Å². The molecule has 2 aromatic carbocycles. The van der Waals surface area contributed by atoms with Crippen molar-refractivity contribution in [2.75, 3.05) is 47.0 Å². The van der Waals surface area contributed by atoms with E-state index >= 15 is 0 Å². The number of phenols is 1. The summed E-state index contributed by atoms with van der Waals surface area (Å²) in [5.41, 5.74) is 9.67. The number of aromatic hydroxyl groups is 1. The maximum absolute atomic E-state index is 14.7. The molecule has 352 valence electrons. The van der Waals surface area contributed by atoms with Gasteiger partial charge in [-0.3, -0.25) is 29.0 Å². The molecule has 15 nitrogen and oxygen atoms in total.